The van der Waals surface area contributed by atoms with E-state index in [1.165, 1.54) is 0 Å². The number of fused-ring (bicyclic) bond motifs is 1. The van der Waals surface area contributed by atoms with Crippen molar-refractivity contribution in [2.45, 2.75) is 0 Å². The summed E-state index contributed by atoms with van der Waals surface area (Å²) in [6, 6.07) is 17.6. The fourth-order valence-electron chi connectivity index (χ4n) is 3.00. The van der Waals surface area contributed by atoms with Gasteiger partial charge in [-0.1, -0.05) is 24.3 Å². The summed E-state index contributed by atoms with van der Waals surface area (Å²) < 4.78 is 0. The molecule has 0 bridgehead atoms. The van der Waals surface area contributed by atoms with Gasteiger partial charge in [0.2, 0.25) is 0 Å². The molecular formula is C19H19N5O. The summed E-state index contributed by atoms with van der Waals surface area (Å²) in [5.74, 6) is 1.54. The molecule has 6 heteroatoms. The van der Waals surface area contributed by atoms with Crippen molar-refractivity contribution in [1.29, 1.82) is 0 Å². The van der Waals surface area contributed by atoms with Gasteiger partial charge in [0.15, 0.2) is 0 Å². The van der Waals surface area contributed by atoms with Crippen LogP contribution in [-0.2, 0) is 0 Å². The Labute approximate surface area is 146 Å². The van der Waals surface area contributed by atoms with Crippen LogP contribution in [0.2, 0.25) is 0 Å². The van der Waals surface area contributed by atoms with Crippen LogP contribution in [0.3, 0.4) is 0 Å². The molecule has 1 N–H and O–H groups in total. The first kappa shape index (κ1) is 15.4. The molecule has 0 atom stereocenters. The van der Waals surface area contributed by atoms with E-state index in [0.29, 0.717) is 18.9 Å². The number of carbonyl (C=O) groups excluding carboxylic acids is 1. The molecule has 25 heavy (non-hydrogen) atoms. The number of aromatic nitrogens is 2. The highest BCUT2D eigenvalue weighted by molar-refractivity contribution is 5.88. The smallest absolute Gasteiger partial charge is 0.323 e. The Morgan fingerprint density at radius 3 is 2.52 bits per heavy atom. The number of piperazine rings is 1. The number of para-hydroxylation sites is 1. The molecule has 3 heterocycles. The van der Waals surface area contributed by atoms with Crippen LogP contribution in [0, 0.1) is 0 Å². The number of anilines is 2. The predicted molar refractivity (Wildman–Crippen MR) is 98.8 cm³/mol. The summed E-state index contributed by atoms with van der Waals surface area (Å²) in [6.45, 7) is 2.85. The first-order chi connectivity index (χ1) is 12.3. The highest BCUT2D eigenvalue weighted by atomic mass is 16.2. The molecule has 1 saturated heterocycles. The molecule has 2 amide bonds. The summed E-state index contributed by atoms with van der Waals surface area (Å²) in [5.41, 5.74) is 0.996. The first-order valence-electron chi connectivity index (χ1n) is 8.37. The van der Waals surface area contributed by atoms with Gasteiger partial charge >= 0.3 is 6.03 Å². The minimum atomic E-state index is -0.107. The van der Waals surface area contributed by atoms with Crippen LogP contribution in [-0.4, -0.2) is 47.1 Å². The predicted octanol–water partition coefficient (Wildman–Crippen LogP) is 2.98. The summed E-state index contributed by atoms with van der Waals surface area (Å²) in [5, 5.41) is 3.97. The molecule has 0 unspecified atom stereocenters. The van der Waals surface area contributed by atoms with Gasteiger partial charge in [-0.15, -0.1) is 0 Å². The van der Waals surface area contributed by atoms with Crippen molar-refractivity contribution in [3.63, 3.8) is 0 Å². The summed E-state index contributed by atoms with van der Waals surface area (Å²) in [7, 11) is 0. The van der Waals surface area contributed by atoms with Crippen molar-refractivity contribution in [2.24, 2.45) is 0 Å². The largest absolute Gasteiger partial charge is 0.353 e. The number of urea groups is 1. The second-order valence-corrected chi connectivity index (χ2v) is 5.98. The third-order valence-corrected chi connectivity index (χ3v) is 4.37. The maximum atomic E-state index is 12.3. The van der Waals surface area contributed by atoms with Crippen LogP contribution in [0.4, 0.5) is 16.4 Å². The number of rotatable bonds is 2. The SMILES string of the molecule is O=C(Nc1ccccn1)N1CCN(c2ccc3ccccc3n2)CC1. The Morgan fingerprint density at radius 1 is 0.920 bits per heavy atom. The van der Waals surface area contributed by atoms with E-state index in [-0.39, 0.29) is 6.03 Å². The zero-order valence-corrected chi connectivity index (χ0v) is 13.8. The number of nitrogens with zero attached hydrogens (tertiary/aromatic N) is 4. The van der Waals surface area contributed by atoms with E-state index in [9.17, 15) is 4.79 Å². The molecule has 1 aromatic carbocycles. The Bertz CT molecular complexity index is 875. The maximum Gasteiger partial charge on any atom is 0.323 e. The average Bonchev–Trinajstić information content (AvgIpc) is 2.68. The van der Waals surface area contributed by atoms with Gasteiger partial charge in [-0.25, -0.2) is 14.8 Å². The fourth-order valence-corrected chi connectivity index (χ4v) is 3.00. The first-order valence-corrected chi connectivity index (χ1v) is 8.37. The number of hydrogen-bond acceptors (Lipinski definition) is 4. The molecule has 3 aromatic rings. The van der Waals surface area contributed by atoms with Gasteiger partial charge in [-0.05, 0) is 30.3 Å². The molecular weight excluding hydrogens is 314 g/mol. The van der Waals surface area contributed by atoms with Gasteiger partial charge in [-0.2, -0.15) is 0 Å². The lowest BCUT2D eigenvalue weighted by Crippen LogP contribution is -2.50. The Hall–Kier alpha value is -3.15. The highest BCUT2D eigenvalue weighted by Gasteiger charge is 2.22. The number of nitrogens with one attached hydrogen (secondary N) is 1. The lowest BCUT2D eigenvalue weighted by atomic mass is 10.2. The molecule has 126 valence electrons. The van der Waals surface area contributed by atoms with E-state index in [4.69, 9.17) is 4.98 Å². The third kappa shape index (κ3) is 3.38. The normalized spacial score (nSPS) is 14.6. The van der Waals surface area contributed by atoms with E-state index in [0.717, 1.165) is 29.8 Å². The molecule has 1 aliphatic rings. The number of pyridine rings is 2. The zero-order chi connectivity index (χ0) is 17.1. The van der Waals surface area contributed by atoms with E-state index in [2.05, 4.69) is 27.3 Å². The van der Waals surface area contributed by atoms with Crippen LogP contribution in [0.5, 0.6) is 0 Å². The Balaban J connectivity index is 1.39. The van der Waals surface area contributed by atoms with E-state index < -0.39 is 0 Å². The summed E-state index contributed by atoms with van der Waals surface area (Å²) in [6.07, 6.45) is 1.67. The second kappa shape index (κ2) is 6.76. The van der Waals surface area contributed by atoms with Crippen molar-refractivity contribution in [3.05, 3.63) is 60.8 Å². The van der Waals surface area contributed by atoms with Gasteiger partial charge in [0.05, 0.1) is 5.52 Å². The quantitative estimate of drug-likeness (QED) is 0.783. The van der Waals surface area contributed by atoms with Crippen molar-refractivity contribution >= 4 is 28.6 Å². The van der Waals surface area contributed by atoms with Gasteiger partial charge in [0.25, 0.3) is 0 Å². The molecule has 1 aliphatic heterocycles. The minimum absolute atomic E-state index is 0.107. The fraction of sp³-hybridized carbons (Fsp3) is 0.211. The molecule has 0 spiro atoms. The molecule has 0 saturated carbocycles. The minimum Gasteiger partial charge on any atom is -0.353 e. The van der Waals surface area contributed by atoms with Gasteiger partial charge < -0.3 is 9.80 Å². The highest BCUT2D eigenvalue weighted by Crippen LogP contribution is 2.19. The molecule has 2 aromatic heterocycles. The van der Waals surface area contributed by atoms with Gasteiger partial charge in [-0.3, -0.25) is 5.32 Å². The van der Waals surface area contributed by atoms with Crippen LogP contribution < -0.4 is 10.2 Å². The Morgan fingerprint density at radius 2 is 1.72 bits per heavy atom. The monoisotopic (exact) mass is 333 g/mol. The van der Waals surface area contributed by atoms with Gasteiger partial charge in [0.1, 0.15) is 11.6 Å². The third-order valence-electron chi connectivity index (χ3n) is 4.37. The summed E-state index contributed by atoms with van der Waals surface area (Å²) in [4.78, 5) is 25.2. The standard InChI is InChI=1S/C19H19N5O/c25-19(22-17-7-3-4-10-20-17)24-13-11-23(12-14-24)18-9-8-15-5-1-2-6-16(15)21-18/h1-10H,11-14H2,(H,20,22,25). The van der Waals surface area contributed by atoms with Crippen LogP contribution in [0.25, 0.3) is 10.9 Å². The number of amides is 2. The van der Waals surface area contributed by atoms with E-state index in [1.54, 1.807) is 12.3 Å². The number of hydrogen-bond donors (Lipinski definition) is 1. The molecule has 1 fully saturated rings. The van der Waals surface area contributed by atoms with Crippen molar-refractivity contribution < 1.29 is 4.79 Å². The topological polar surface area (TPSA) is 61.4 Å². The van der Waals surface area contributed by atoms with Crippen LogP contribution in [0.1, 0.15) is 0 Å². The van der Waals surface area contributed by atoms with E-state index >= 15 is 0 Å². The molecule has 4 rings (SSSR count). The zero-order valence-electron chi connectivity index (χ0n) is 13.8. The Kier molecular flexibility index (Phi) is 4.16. The number of benzene rings is 1. The molecule has 6 nitrogen and oxygen atoms in total. The second-order valence-electron chi connectivity index (χ2n) is 5.98. The molecule has 0 radical (unpaired) electrons. The van der Waals surface area contributed by atoms with Crippen molar-refractivity contribution in [1.82, 2.24) is 14.9 Å². The van der Waals surface area contributed by atoms with Crippen molar-refractivity contribution in [3.8, 4) is 0 Å². The van der Waals surface area contributed by atoms with E-state index in [1.807, 2.05) is 41.3 Å². The van der Waals surface area contributed by atoms with Crippen LogP contribution >= 0.6 is 0 Å². The number of carbonyl (C=O) groups is 1. The average molecular weight is 333 g/mol. The lowest BCUT2D eigenvalue weighted by Gasteiger charge is -2.35. The van der Waals surface area contributed by atoms with Crippen molar-refractivity contribution in [2.75, 3.05) is 36.4 Å². The van der Waals surface area contributed by atoms with Gasteiger partial charge in [0, 0.05) is 37.8 Å². The maximum absolute atomic E-state index is 12.3. The summed E-state index contributed by atoms with van der Waals surface area (Å²) >= 11 is 0. The lowest BCUT2D eigenvalue weighted by molar-refractivity contribution is 0.208. The van der Waals surface area contributed by atoms with Crippen LogP contribution in [0.15, 0.2) is 60.8 Å². The molecule has 0 aliphatic carbocycles.